The monoisotopic (exact) mass is 296 g/mol. The molecule has 114 valence electrons. The van der Waals surface area contributed by atoms with Gasteiger partial charge in [-0.05, 0) is 48.2 Å². The van der Waals surface area contributed by atoms with Gasteiger partial charge in [0.1, 0.15) is 0 Å². The number of aryl methyl sites for hydroxylation is 2. The van der Waals surface area contributed by atoms with Crippen molar-refractivity contribution in [2.45, 2.75) is 32.4 Å². The summed E-state index contributed by atoms with van der Waals surface area (Å²) in [5.74, 6) is 0. The lowest BCUT2D eigenvalue weighted by atomic mass is 10.1. The van der Waals surface area contributed by atoms with Crippen LogP contribution in [-0.4, -0.2) is 17.2 Å². The Balaban J connectivity index is 1.72. The van der Waals surface area contributed by atoms with Gasteiger partial charge < -0.3 is 15.7 Å². The zero-order valence-electron chi connectivity index (χ0n) is 12.8. The first kappa shape index (κ1) is 14.6. The van der Waals surface area contributed by atoms with E-state index in [4.69, 9.17) is 0 Å². The van der Waals surface area contributed by atoms with Crippen molar-refractivity contribution in [2.75, 3.05) is 5.32 Å². The highest BCUT2D eigenvalue weighted by atomic mass is 16.3. The van der Waals surface area contributed by atoms with Crippen molar-refractivity contribution in [1.29, 1.82) is 0 Å². The van der Waals surface area contributed by atoms with E-state index in [9.17, 15) is 9.90 Å². The average Bonchev–Trinajstić information content (AvgIpc) is 2.74. The first-order valence-corrected chi connectivity index (χ1v) is 7.44. The molecule has 0 spiro atoms. The summed E-state index contributed by atoms with van der Waals surface area (Å²) in [5.41, 5.74) is 5.04. The maximum Gasteiger partial charge on any atom is 0.319 e. The highest BCUT2D eigenvalue weighted by molar-refractivity contribution is 5.89. The smallest absolute Gasteiger partial charge is 0.319 e. The molecule has 0 saturated heterocycles. The van der Waals surface area contributed by atoms with Crippen molar-refractivity contribution >= 4 is 11.7 Å². The highest BCUT2D eigenvalue weighted by Gasteiger charge is 2.31. The molecule has 0 bridgehead atoms. The van der Waals surface area contributed by atoms with Crippen LogP contribution in [0.4, 0.5) is 10.5 Å². The van der Waals surface area contributed by atoms with Crippen molar-refractivity contribution in [3.05, 3.63) is 64.7 Å². The molecule has 0 aromatic heterocycles. The maximum atomic E-state index is 12.2. The second-order valence-electron chi connectivity index (χ2n) is 5.92. The van der Waals surface area contributed by atoms with Gasteiger partial charge in [0.2, 0.25) is 0 Å². The number of anilines is 1. The second kappa shape index (κ2) is 5.81. The molecule has 2 atom stereocenters. The van der Waals surface area contributed by atoms with Gasteiger partial charge >= 0.3 is 6.03 Å². The molecule has 4 nitrogen and oxygen atoms in total. The van der Waals surface area contributed by atoms with Crippen LogP contribution in [0.25, 0.3) is 0 Å². The predicted octanol–water partition coefficient (Wildman–Crippen LogP) is 3.08. The van der Waals surface area contributed by atoms with E-state index >= 15 is 0 Å². The third-order valence-corrected chi connectivity index (χ3v) is 3.97. The number of fused-ring (bicyclic) bond motifs is 1. The fraction of sp³-hybridized carbons (Fsp3) is 0.278. The number of carbonyl (C=O) groups excluding carboxylic acids is 1. The molecule has 0 heterocycles. The van der Waals surface area contributed by atoms with Gasteiger partial charge in [0.05, 0.1) is 12.1 Å². The summed E-state index contributed by atoms with van der Waals surface area (Å²) >= 11 is 0. The van der Waals surface area contributed by atoms with E-state index in [1.165, 1.54) is 0 Å². The van der Waals surface area contributed by atoms with E-state index in [0.29, 0.717) is 6.42 Å². The molecule has 0 fully saturated rings. The molecule has 2 aromatic rings. The SMILES string of the molecule is Cc1cc(C)cc(NC(=O)N[C@@H]2c3ccccc3C[C@@H]2O)c1. The van der Waals surface area contributed by atoms with Crippen LogP contribution in [0.2, 0.25) is 0 Å². The van der Waals surface area contributed by atoms with Crippen LogP contribution in [0, 0.1) is 13.8 Å². The van der Waals surface area contributed by atoms with Gasteiger partial charge in [0.15, 0.2) is 0 Å². The largest absolute Gasteiger partial charge is 0.390 e. The van der Waals surface area contributed by atoms with E-state index in [0.717, 1.165) is 27.9 Å². The first-order chi connectivity index (χ1) is 10.5. The molecule has 22 heavy (non-hydrogen) atoms. The number of hydrogen-bond acceptors (Lipinski definition) is 2. The van der Waals surface area contributed by atoms with Gasteiger partial charge in [-0.15, -0.1) is 0 Å². The van der Waals surface area contributed by atoms with Crippen molar-refractivity contribution in [2.24, 2.45) is 0 Å². The fourth-order valence-corrected chi connectivity index (χ4v) is 3.10. The molecule has 1 aliphatic carbocycles. The van der Waals surface area contributed by atoms with Crippen LogP contribution >= 0.6 is 0 Å². The van der Waals surface area contributed by atoms with Crippen molar-refractivity contribution in [1.82, 2.24) is 5.32 Å². The average molecular weight is 296 g/mol. The molecule has 3 rings (SSSR count). The molecule has 0 unspecified atom stereocenters. The third-order valence-electron chi connectivity index (χ3n) is 3.97. The van der Waals surface area contributed by atoms with Gasteiger partial charge in [-0.1, -0.05) is 30.3 Å². The Bertz CT molecular complexity index is 692. The minimum atomic E-state index is -0.581. The van der Waals surface area contributed by atoms with Crippen LogP contribution in [0.3, 0.4) is 0 Å². The van der Waals surface area contributed by atoms with Crippen LogP contribution < -0.4 is 10.6 Å². The van der Waals surface area contributed by atoms with Gasteiger partial charge in [0.25, 0.3) is 0 Å². The topological polar surface area (TPSA) is 61.4 Å². The number of urea groups is 1. The molecule has 0 saturated carbocycles. The quantitative estimate of drug-likeness (QED) is 0.797. The Hall–Kier alpha value is -2.33. The number of carbonyl (C=O) groups is 1. The zero-order valence-corrected chi connectivity index (χ0v) is 12.8. The van der Waals surface area contributed by atoms with Crippen LogP contribution in [-0.2, 0) is 6.42 Å². The van der Waals surface area contributed by atoms with E-state index in [2.05, 4.69) is 16.7 Å². The Morgan fingerprint density at radius 1 is 1.14 bits per heavy atom. The molecule has 2 aromatic carbocycles. The Morgan fingerprint density at radius 2 is 1.82 bits per heavy atom. The summed E-state index contributed by atoms with van der Waals surface area (Å²) in [6.45, 7) is 3.99. The van der Waals surface area contributed by atoms with Crippen LogP contribution in [0.1, 0.15) is 28.3 Å². The lowest BCUT2D eigenvalue weighted by molar-refractivity contribution is 0.144. The van der Waals surface area contributed by atoms with Crippen LogP contribution in [0.15, 0.2) is 42.5 Å². The van der Waals surface area contributed by atoms with Gasteiger partial charge in [0, 0.05) is 12.1 Å². The number of aliphatic hydroxyl groups excluding tert-OH is 1. The van der Waals surface area contributed by atoms with Crippen LogP contribution in [0.5, 0.6) is 0 Å². The Labute approximate surface area is 130 Å². The molecule has 3 N–H and O–H groups in total. The van der Waals surface area contributed by atoms with E-state index < -0.39 is 6.10 Å². The number of nitrogens with one attached hydrogen (secondary N) is 2. The lowest BCUT2D eigenvalue weighted by Gasteiger charge is -2.18. The van der Waals surface area contributed by atoms with Gasteiger partial charge in [-0.2, -0.15) is 0 Å². The fourth-order valence-electron chi connectivity index (χ4n) is 3.10. The number of amides is 2. The predicted molar refractivity (Wildman–Crippen MR) is 87.0 cm³/mol. The standard InChI is InChI=1S/C18H20N2O2/c1-11-7-12(2)9-14(8-11)19-18(22)20-17-15-6-4-3-5-13(15)10-16(17)21/h3-9,16-17,21H,10H2,1-2H3,(H2,19,20,22)/t16-,17+/m0/s1. The molecule has 1 aliphatic rings. The minimum absolute atomic E-state index is 0.300. The summed E-state index contributed by atoms with van der Waals surface area (Å²) < 4.78 is 0. The molecule has 4 heteroatoms. The molecule has 0 aliphatic heterocycles. The zero-order chi connectivity index (χ0) is 15.7. The first-order valence-electron chi connectivity index (χ1n) is 7.44. The maximum absolute atomic E-state index is 12.2. The number of hydrogen-bond donors (Lipinski definition) is 3. The lowest BCUT2D eigenvalue weighted by Crippen LogP contribution is -2.36. The summed E-state index contributed by atoms with van der Waals surface area (Å²) in [5, 5.41) is 15.9. The van der Waals surface area contributed by atoms with E-state index in [-0.39, 0.29) is 12.1 Å². The van der Waals surface area contributed by atoms with Crippen molar-refractivity contribution in [3.8, 4) is 0 Å². The minimum Gasteiger partial charge on any atom is -0.390 e. The van der Waals surface area contributed by atoms with E-state index in [1.54, 1.807) is 0 Å². The third kappa shape index (κ3) is 2.97. The summed E-state index contributed by atoms with van der Waals surface area (Å²) in [7, 11) is 0. The molecule has 2 amide bonds. The Morgan fingerprint density at radius 3 is 2.55 bits per heavy atom. The number of aliphatic hydroxyl groups is 1. The molecule has 0 radical (unpaired) electrons. The Kier molecular flexibility index (Phi) is 3.86. The summed E-state index contributed by atoms with van der Waals surface area (Å²) in [6.07, 6.45) is -0.00703. The number of benzene rings is 2. The van der Waals surface area contributed by atoms with E-state index in [1.807, 2.05) is 50.2 Å². The van der Waals surface area contributed by atoms with Gasteiger partial charge in [-0.3, -0.25) is 0 Å². The van der Waals surface area contributed by atoms with Crippen molar-refractivity contribution in [3.63, 3.8) is 0 Å². The van der Waals surface area contributed by atoms with Crippen molar-refractivity contribution < 1.29 is 9.90 Å². The summed E-state index contributed by atoms with van der Waals surface area (Å²) in [6, 6.07) is 13.1. The molecular weight excluding hydrogens is 276 g/mol. The highest BCUT2D eigenvalue weighted by Crippen LogP contribution is 2.31. The summed E-state index contributed by atoms with van der Waals surface area (Å²) in [4.78, 5) is 12.2. The second-order valence-corrected chi connectivity index (χ2v) is 5.92. The number of rotatable bonds is 2. The normalized spacial score (nSPS) is 19.6. The van der Waals surface area contributed by atoms with Gasteiger partial charge in [-0.25, -0.2) is 4.79 Å². The molecular formula is C18H20N2O2.